The Hall–Kier alpha value is -2.96. The third kappa shape index (κ3) is 2.38. The number of pyridine rings is 1. The molecule has 0 saturated carbocycles. The number of hydrogen-bond acceptors (Lipinski definition) is 3. The number of aromatic nitrogens is 3. The lowest BCUT2D eigenvalue weighted by Gasteiger charge is -2.21. The van der Waals surface area contributed by atoms with Crippen LogP contribution in [0.4, 0.5) is 9.18 Å². The van der Waals surface area contributed by atoms with Crippen molar-refractivity contribution in [2.24, 2.45) is 0 Å². The summed E-state index contributed by atoms with van der Waals surface area (Å²) in [4.78, 5) is 27.9. The van der Waals surface area contributed by atoms with Gasteiger partial charge in [0.25, 0.3) is 0 Å². The highest BCUT2D eigenvalue weighted by Gasteiger charge is 2.25. The summed E-state index contributed by atoms with van der Waals surface area (Å²) in [6.07, 6.45) is -0.160. The van der Waals surface area contributed by atoms with Crippen molar-refractivity contribution in [3.05, 3.63) is 58.5 Å². The zero-order valence-corrected chi connectivity index (χ0v) is 13.4. The monoisotopic (exact) mass is 329 g/mol. The zero-order chi connectivity index (χ0) is 17.6. The molecule has 1 N–H and O–H groups in total. The van der Waals surface area contributed by atoms with E-state index in [2.05, 4.69) is 4.98 Å². The van der Waals surface area contributed by atoms with Gasteiger partial charge in [-0.2, -0.15) is 8.96 Å². The molecule has 0 aliphatic carbocycles. The quantitative estimate of drug-likeness (QED) is 0.696. The van der Waals surface area contributed by atoms with Crippen LogP contribution in [0.25, 0.3) is 16.7 Å². The Morgan fingerprint density at radius 1 is 1.21 bits per heavy atom. The van der Waals surface area contributed by atoms with Crippen LogP contribution in [0.1, 0.15) is 26.3 Å². The van der Waals surface area contributed by atoms with Crippen molar-refractivity contribution in [2.45, 2.75) is 26.2 Å². The predicted octanol–water partition coefficient (Wildman–Crippen LogP) is 3.15. The Morgan fingerprint density at radius 3 is 2.46 bits per heavy atom. The number of rotatable bonds is 1. The molecule has 3 rings (SSSR count). The molecule has 0 fully saturated rings. The molecule has 0 aliphatic heterocycles. The number of imidazole rings is 1. The van der Waals surface area contributed by atoms with Gasteiger partial charge in [0.2, 0.25) is 5.95 Å². The van der Waals surface area contributed by atoms with Crippen molar-refractivity contribution >= 4 is 17.1 Å². The van der Waals surface area contributed by atoms with Crippen molar-refractivity contribution in [1.29, 1.82) is 0 Å². The molecule has 0 atom stereocenters. The SMILES string of the molecule is CC(C)(C)c1cccc2c1n(-c1ccc(F)nc1)c(=O)n2C(=O)O. The molecule has 0 bridgehead atoms. The lowest BCUT2D eigenvalue weighted by molar-refractivity contribution is 0.196. The minimum Gasteiger partial charge on any atom is -0.464 e. The van der Waals surface area contributed by atoms with E-state index in [-0.39, 0.29) is 10.9 Å². The lowest BCUT2D eigenvalue weighted by Crippen LogP contribution is -2.27. The summed E-state index contributed by atoms with van der Waals surface area (Å²) < 4.78 is 15.1. The zero-order valence-electron chi connectivity index (χ0n) is 13.4. The van der Waals surface area contributed by atoms with E-state index in [1.54, 1.807) is 12.1 Å². The van der Waals surface area contributed by atoms with Gasteiger partial charge in [0, 0.05) is 0 Å². The number of hydrogen-bond donors (Lipinski definition) is 1. The van der Waals surface area contributed by atoms with Crippen LogP contribution in [-0.2, 0) is 5.41 Å². The van der Waals surface area contributed by atoms with Crippen molar-refractivity contribution in [3.63, 3.8) is 0 Å². The number of carboxylic acid groups (broad SMARTS) is 1. The molecular weight excluding hydrogens is 313 g/mol. The van der Waals surface area contributed by atoms with Gasteiger partial charge in [-0.05, 0) is 29.2 Å². The van der Waals surface area contributed by atoms with Crippen molar-refractivity contribution in [1.82, 2.24) is 14.1 Å². The molecule has 0 saturated heterocycles. The first-order valence-electron chi connectivity index (χ1n) is 7.34. The minimum absolute atomic E-state index is 0.282. The van der Waals surface area contributed by atoms with Crippen LogP contribution in [0.5, 0.6) is 0 Å². The van der Waals surface area contributed by atoms with Gasteiger partial charge in [-0.25, -0.2) is 14.6 Å². The fourth-order valence-corrected chi connectivity index (χ4v) is 2.78. The predicted molar refractivity (Wildman–Crippen MR) is 87.4 cm³/mol. The highest BCUT2D eigenvalue weighted by atomic mass is 19.1. The molecule has 0 unspecified atom stereocenters. The van der Waals surface area contributed by atoms with E-state index < -0.39 is 17.7 Å². The highest BCUT2D eigenvalue weighted by molar-refractivity contribution is 5.89. The molecule has 7 heteroatoms. The Bertz CT molecular complexity index is 995. The molecule has 0 amide bonds. The smallest absolute Gasteiger partial charge is 0.420 e. The molecule has 3 aromatic rings. The summed E-state index contributed by atoms with van der Waals surface area (Å²) in [7, 11) is 0. The molecule has 124 valence electrons. The lowest BCUT2D eigenvalue weighted by atomic mass is 9.86. The van der Waals surface area contributed by atoms with Gasteiger partial charge < -0.3 is 5.11 Å². The second-order valence-corrected chi connectivity index (χ2v) is 6.50. The van der Waals surface area contributed by atoms with E-state index >= 15 is 0 Å². The molecule has 6 nitrogen and oxygen atoms in total. The number of nitrogens with zero attached hydrogens (tertiary/aromatic N) is 3. The van der Waals surface area contributed by atoms with Gasteiger partial charge in [0.05, 0.1) is 22.9 Å². The van der Waals surface area contributed by atoms with Crippen LogP contribution in [0, 0.1) is 5.95 Å². The number of halogens is 1. The van der Waals surface area contributed by atoms with Crippen LogP contribution in [0.2, 0.25) is 0 Å². The van der Waals surface area contributed by atoms with Crippen LogP contribution in [0.15, 0.2) is 41.3 Å². The maximum absolute atomic E-state index is 13.1. The summed E-state index contributed by atoms with van der Waals surface area (Å²) in [5, 5.41) is 9.44. The molecule has 2 heterocycles. The summed E-state index contributed by atoms with van der Waals surface area (Å²) in [5.74, 6) is -0.676. The van der Waals surface area contributed by atoms with Gasteiger partial charge in [-0.3, -0.25) is 4.57 Å². The van der Waals surface area contributed by atoms with E-state index in [1.807, 2.05) is 26.8 Å². The van der Waals surface area contributed by atoms with E-state index in [0.29, 0.717) is 15.8 Å². The second kappa shape index (κ2) is 5.30. The van der Waals surface area contributed by atoms with Gasteiger partial charge in [-0.15, -0.1) is 0 Å². The standard InChI is InChI=1S/C17H16FN3O3/c1-17(2,3)11-5-4-6-12-14(11)20(15(22)21(12)16(23)24)10-7-8-13(18)19-9-10/h4-9H,1-3H3,(H,23,24). The topological polar surface area (TPSA) is 77.1 Å². The Morgan fingerprint density at radius 2 is 1.92 bits per heavy atom. The fourth-order valence-electron chi connectivity index (χ4n) is 2.78. The third-order valence-electron chi connectivity index (χ3n) is 3.83. The summed E-state index contributed by atoms with van der Waals surface area (Å²) >= 11 is 0. The van der Waals surface area contributed by atoms with Crippen molar-refractivity contribution in [3.8, 4) is 5.69 Å². The van der Waals surface area contributed by atoms with E-state index in [4.69, 9.17) is 0 Å². The summed E-state index contributed by atoms with van der Waals surface area (Å²) in [5.41, 5.74) is 0.813. The first-order chi connectivity index (χ1) is 11.2. The summed E-state index contributed by atoms with van der Waals surface area (Å²) in [6.45, 7) is 5.91. The Labute approximate surface area is 136 Å². The van der Waals surface area contributed by atoms with Crippen LogP contribution >= 0.6 is 0 Å². The molecular formula is C17H16FN3O3. The first kappa shape index (κ1) is 15.9. The van der Waals surface area contributed by atoms with E-state index in [1.165, 1.54) is 16.8 Å². The largest absolute Gasteiger partial charge is 0.464 e. The Balaban J connectivity index is 2.52. The number of carbonyl (C=O) groups is 1. The van der Waals surface area contributed by atoms with Crippen LogP contribution in [0.3, 0.4) is 0 Å². The minimum atomic E-state index is -1.37. The normalized spacial score (nSPS) is 11.8. The van der Waals surface area contributed by atoms with Crippen molar-refractivity contribution in [2.75, 3.05) is 0 Å². The molecule has 24 heavy (non-hydrogen) atoms. The van der Waals surface area contributed by atoms with Gasteiger partial charge in [-0.1, -0.05) is 32.9 Å². The van der Waals surface area contributed by atoms with Crippen molar-refractivity contribution < 1.29 is 14.3 Å². The maximum Gasteiger partial charge on any atom is 0.420 e. The average Bonchev–Trinajstić information content (AvgIpc) is 2.79. The van der Waals surface area contributed by atoms with Gasteiger partial charge in [0.15, 0.2) is 0 Å². The van der Waals surface area contributed by atoms with Gasteiger partial charge >= 0.3 is 11.8 Å². The summed E-state index contributed by atoms with van der Waals surface area (Å²) in [6, 6.07) is 7.67. The Kier molecular flexibility index (Phi) is 3.51. The second-order valence-electron chi connectivity index (χ2n) is 6.50. The molecule has 0 spiro atoms. The first-order valence-corrected chi connectivity index (χ1v) is 7.34. The average molecular weight is 329 g/mol. The maximum atomic E-state index is 13.1. The number of benzene rings is 1. The molecule has 0 aliphatic rings. The number of para-hydroxylation sites is 1. The van der Waals surface area contributed by atoms with Gasteiger partial charge in [0.1, 0.15) is 0 Å². The third-order valence-corrected chi connectivity index (χ3v) is 3.83. The van der Waals surface area contributed by atoms with E-state index in [9.17, 15) is 19.1 Å². The van der Waals surface area contributed by atoms with Crippen LogP contribution in [-0.4, -0.2) is 25.3 Å². The molecule has 2 aromatic heterocycles. The van der Waals surface area contributed by atoms with Crippen LogP contribution < -0.4 is 5.69 Å². The fraction of sp³-hybridized carbons (Fsp3) is 0.235. The highest BCUT2D eigenvalue weighted by Crippen LogP contribution is 2.30. The van der Waals surface area contributed by atoms with E-state index in [0.717, 1.165) is 11.6 Å². The molecule has 1 aromatic carbocycles. The number of fused-ring (bicyclic) bond motifs is 1. The molecule has 0 radical (unpaired) electrons.